The fourth-order valence-corrected chi connectivity index (χ4v) is 2.86. The molecule has 1 saturated heterocycles. The van der Waals surface area contributed by atoms with Crippen molar-refractivity contribution >= 4 is 18.2 Å². The topological polar surface area (TPSA) is 46.1 Å². The molecule has 0 bridgehead atoms. The minimum Gasteiger partial charge on any atom is -0.380 e. The van der Waals surface area contributed by atoms with Gasteiger partial charge in [-0.1, -0.05) is 18.2 Å². The maximum atomic E-state index is 5.48. The van der Waals surface area contributed by atoms with Crippen LogP contribution in [0.3, 0.4) is 0 Å². The third kappa shape index (κ3) is 2.48. The molecule has 20 heavy (non-hydrogen) atoms. The maximum absolute atomic E-state index is 5.48. The molecular weight excluding hydrogens is 272 g/mol. The van der Waals surface area contributed by atoms with Crippen molar-refractivity contribution in [3.63, 3.8) is 0 Å². The molecule has 0 spiro atoms. The number of para-hydroxylation sites is 1. The maximum Gasteiger partial charge on any atom is 0.230 e. The van der Waals surface area contributed by atoms with E-state index in [1.165, 1.54) is 0 Å². The number of aromatic amines is 1. The van der Waals surface area contributed by atoms with Gasteiger partial charge in [0.25, 0.3) is 0 Å². The number of ether oxygens (including phenoxy) is 1. The van der Waals surface area contributed by atoms with Crippen molar-refractivity contribution < 1.29 is 4.74 Å². The number of hydrogen-bond acceptors (Lipinski definition) is 4. The van der Waals surface area contributed by atoms with Crippen molar-refractivity contribution in [1.29, 1.82) is 0 Å². The van der Waals surface area contributed by atoms with E-state index < -0.39 is 0 Å². The lowest BCUT2D eigenvalue weighted by atomic mass is 10.1. The van der Waals surface area contributed by atoms with Crippen LogP contribution in [0.5, 0.6) is 0 Å². The second-order valence-electron chi connectivity index (χ2n) is 4.95. The van der Waals surface area contributed by atoms with Crippen LogP contribution in [0.4, 0.5) is 5.95 Å². The lowest BCUT2D eigenvalue weighted by molar-refractivity contribution is 0.0888. The normalized spacial score (nSPS) is 19.2. The molecule has 0 saturated carbocycles. The molecule has 1 atom stereocenters. The summed E-state index contributed by atoms with van der Waals surface area (Å²) in [6, 6.07) is 10.1. The first-order valence-electron chi connectivity index (χ1n) is 6.80. The van der Waals surface area contributed by atoms with E-state index in [9.17, 15) is 0 Å². The van der Waals surface area contributed by atoms with Crippen LogP contribution in [-0.2, 0) is 4.74 Å². The molecule has 1 N–H and O–H groups in total. The minimum absolute atomic E-state index is 0.262. The lowest BCUT2D eigenvalue weighted by Gasteiger charge is -2.32. The zero-order chi connectivity index (χ0) is 13.9. The summed E-state index contributed by atoms with van der Waals surface area (Å²) in [5, 5.41) is 7.30. The Balaban J connectivity index is 1.97. The van der Waals surface area contributed by atoms with Crippen molar-refractivity contribution in [2.24, 2.45) is 0 Å². The van der Waals surface area contributed by atoms with Gasteiger partial charge >= 0.3 is 0 Å². The van der Waals surface area contributed by atoms with Gasteiger partial charge in [-0.3, -0.25) is 4.57 Å². The molecule has 0 radical (unpaired) electrons. The van der Waals surface area contributed by atoms with Gasteiger partial charge in [-0.05, 0) is 37.2 Å². The molecule has 0 aliphatic carbocycles. The van der Waals surface area contributed by atoms with E-state index >= 15 is 0 Å². The second-order valence-corrected chi connectivity index (χ2v) is 5.33. The molecule has 2 aromatic rings. The minimum atomic E-state index is 0.262. The average Bonchev–Trinajstić information content (AvgIpc) is 2.90. The Morgan fingerprint density at radius 2 is 2.15 bits per heavy atom. The number of H-pyrrole nitrogens is 1. The van der Waals surface area contributed by atoms with Gasteiger partial charge in [0.1, 0.15) is 0 Å². The number of benzene rings is 1. The van der Waals surface area contributed by atoms with Crippen LogP contribution in [0, 0.1) is 4.77 Å². The van der Waals surface area contributed by atoms with E-state index in [1.807, 2.05) is 34.9 Å². The summed E-state index contributed by atoms with van der Waals surface area (Å²) in [5.41, 5.74) is 1.03. The first-order valence-corrected chi connectivity index (χ1v) is 7.21. The van der Waals surface area contributed by atoms with Gasteiger partial charge in [0.05, 0.1) is 11.8 Å². The molecule has 0 amide bonds. The third-order valence-electron chi connectivity index (χ3n) is 3.66. The number of methoxy groups -OCH3 is 1. The number of piperidine rings is 1. The van der Waals surface area contributed by atoms with Crippen LogP contribution in [0.15, 0.2) is 30.3 Å². The summed E-state index contributed by atoms with van der Waals surface area (Å²) in [5.74, 6) is 0.864. The van der Waals surface area contributed by atoms with Gasteiger partial charge in [0, 0.05) is 20.2 Å². The molecule has 1 unspecified atom stereocenters. The monoisotopic (exact) mass is 290 g/mol. The highest BCUT2D eigenvalue weighted by Crippen LogP contribution is 2.22. The highest BCUT2D eigenvalue weighted by atomic mass is 32.1. The summed E-state index contributed by atoms with van der Waals surface area (Å²) in [7, 11) is 1.77. The van der Waals surface area contributed by atoms with Crippen molar-refractivity contribution in [3.05, 3.63) is 35.1 Å². The quantitative estimate of drug-likeness (QED) is 0.883. The number of nitrogens with one attached hydrogen (secondary N) is 1. The Morgan fingerprint density at radius 3 is 2.90 bits per heavy atom. The summed E-state index contributed by atoms with van der Waals surface area (Å²) < 4.78 is 8.08. The van der Waals surface area contributed by atoms with E-state index in [-0.39, 0.29) is 6.10 Å². The highest BCUT2D eigenvalue weighted by molar-refractivity contribution is 7.71. The molecular formula is C14H18N4OS. The number of nitrogens with zero attached hydrogens (tertiary/aromatic N) is 3. The van der Waals surface area contributed by atoms with Crippen molar-refractivity contribution in [2.75, 3.05) is 25.1 Å². The molecule has 1 aromatic heterocycles. The Morgan fingerprint density at radius 1 is 1.35 bits per heavy atom. The SMILES string of the molecule is COC1CCCN(c2n[nH]c(=S)n2-c2ccccc2)C1. The standard InChI is InChI=1S/C14H18N4OS/c1-19-12-8-5-9-17(10-12)13-15-16-14(20)18(13)11-6-3-2-4-7-11/h2-4,6-7,12H,5,8-10H2,1H3,(H,16,20). The molecule has 1 fully saturated rings. The van der Waals surface area contributed by atoms with Crippen LogP contribution in [0.2, 0.25) is 0 Å². The molecule has 3 rings (SSSR count). The number of anilines is 1. The molecule has 2 heterocycles. The van der Waals surface area contributed by atoms with Gasteiger partial charge in [0.15, 0.2) is 0 Å². The Kier molecular flexibility index (Phi) is 3.84. The summed E-state index contributed by atoms with van der Waals surface area (Å²) in [4.78, 5) is 2.23. The van der Waals surface area contributed by atoms with E-state index in [0.717, 1.165) is 37.6 Å². The van der Waals surface area contributed by atoms with Gasteiger partial charge in [-0.25, -0.2) is 5.10 Å². The number of aromatic nitrogens is 3. The molecule has 1 aromatic carbocycles. The number of rotatable bonds is 3. The summed E-state index contributed by atoms with van der Waals surface area (Å²) in [6.45, 7) is 1.83. The zero-order valence-corrected chi connectivity index (χ0v) is 12.3. The first-order chi connectivity index (χ1) is 9.79. The molecule has 6 heteroatoms. The van der Waals surface area contributed by atoms with E-state index in [1.54, 1.807) is 7.11 Å². The van der Waals surface area contributed by atoms with Gasteiger partial charge in [0.2, 0.25) is 10.7 Å². The van der Waals surface area contributed by atoms with Crippen molar-refractivity contribution in [1.82, 2.24) is 14.8 Å². The smallest absolute Gasteiger partial charge is 0.230 e. The molecule has 1 aliphatic heterocycles. The highest BCUT2D eigenvalue weighted by Gasteiger charge is 2.23. The van der Waals surface area contributed by atoms with Crippen LogP contribution < -0.4 is 4.90 Å². The third-order valence-corrected chi connectivity index (χ3v) is 3.94. The Labute approximate surface area is 123 Å². The number of hydrogen-bond donors (Lipinski definition) is 1. The van der Waals surface area contributed by atoms with E-state index in [4.69, 9.17) is 17.0 Å². The van der Waals surface area contributed by atoms with Gasteiger partial charge < -0.3 is 9.64 Å². The fourth-order valence-electron chi connectivity index (χ4n) is 2.62. The van der Waals surface area contributed by atoms with Crippen LogP contribution in [-0.4, -0.2) is 41.1 Å². The summed E-state index contributed by atoms with van der Waals surface area (Å²) in [6.07, 6.45) is 2.47. The average molecular weight is 290 g/mol. The van der Waals surface area contributed by atoms with Crippen molar-refractivity contribution in [3.8, 4) is 5.69 Å². The van der Waals surface area contributed by atoms with E-state index in [0.29, 0.717) is 4.77 Å². The molecule has 106 valence electrons. The van der Waals surface area contributed by atoms with Crippen LogP contribution in [0.25, 0.3) is 5.69 Å². The Hall–Kier alpha value is -1.66. The van der Waals surface area contributed by atoms with Crippen LogP contribution >= 0.6 is 12.2 Å². The zero-order valence-electron chi connectivity index (χ0n) is 11.5. The largest absolute Gasteiger partial charge is 0.380 e. The predicted octanol–water partition coefficient (Wildman–Crippen LogP) is 2.55. The Bertz CT molecular complexity index is 622. The predicted molar refractivity (Wildman–Crippen MR) is 81.0 cm³/mol. The van der Waals surface area contributed by atoms with Gasteiger partial charge in [-0.15, -0.1) is 5.10 Å². The lowest BCUT2D eigenvalue weighted by Crippen LogP contribution is -2.40. The van der Waals surface area contributed by atoms with Crippen LogP contribution in [0.1, 0.15) is 12.8 Å². The van der Waals surface area contributed by atoms with Gasteiger partial charge in [-0.2, -0.15) is 0 Å². The fraction of sp³-hybridized carbons (Fsp3) is 0.429. The summed E-state index contributed by atoms with van der Waals surface area (Å²) >= 11 is 5.37. The first kappa shape index (κ1) is 13.3. The van der Waals surface area contributed by atoms with Crippen molar-refractivity contribution in [2.45, 2.75) is 18.9 Å². The molecule has 5 nitrogen and oxygen atoms in total. The molecule has 1 aliphatic rings. The van der Waals surface area contributed by atoms with E-state index in [2.05, 4.69) is 15.1 Å². The second kappa shape index (κ2) is 5.76.